The monoisotopic (exact) mass is 375 g/mol. The van der Waals surface area contributed by atoms with Crippen molar-refractivity contribution >= 4 is 35.6 Å². The molecule has 26 heavy (non-hydrogen) atoms. The topological polar surface area (TPSA) is 75.4 Å². The SMILES string of the molecule is CCCN(CC(=O)Nc1ccccc1C)C(=O)Cc1ccc(N)cc1.Cl. The second kappa shape index (κ2) is 10.5. The van der Waals surface area contributed by atoms with E-state index in [0.717, 1.165) is 23.2 Å². The third kappa shape index (κ3) is 6.41. The predicted molar refractivity (Wildman–Crippen MR) is 108 cm³/mol. The number of hydrogen-bond acceptors (Lipinski definition) is 3. The molecule has 0 aliphatic carbocycles. The Labute approximate surface area is 161 Å². The quantitative estimate of drug-likeness (QED) is 0.728. The molecule has 2 aromatic carbocycles. The van der Waals surface area contributed by atoms with Crippen molar-refractivity contribution in [1.29, 1.82) is 0 Å². The van der Waals surface area contributed by atoms with Crippen LogP contribution < -0.4 is 11.1 Å². The standard InChI is InChI=1S/C20H25N3O2.ClH/c1-3-12-23(20(25)13-16-8-10-17(21)11-9-16)14-19(24)22-18-7-5-4-6-15(18)2;/h4-11H,3,12-14,21H2,1-2H3,(H,22,24);1H. The molecule has 2 amide bonds. The lowest BCUT2D eigenvalue weighted by Gasteiger charge is -2.22. The van der Waals surface area contributed by atoms with Gasteiger partial charge in [-0.3, -0.25) is 9.59 Å². The van der Waals surface area contributed by atoms with Gasteiger partial charge < -0.3 is 16.0 Å². The summed E-state index contributed by atoms with van der Waals surface area (Å²) in [6.07, 6.45) is 1.06. The van der Waals surface area contributed by atoms with E-state index in [0.29, 0.717) is 12.2 Å². The van der Waals surface area contributed by atoms with Gasteiger partial charge in [-0.15, -0.1) is 12.4 Å². The van der Waals surface area contributed by atoms with E-state index < -0.39 is 0 Å². The molecule has 0 unspecified atom stereocenters. The molecule has 140 valence electrons. The first-order valence-corrected chi connectivity index (χ1v) is 8.47. The molecule has 0 radical (unpaired) electrons. The minimum absolute atomic E-state index is 0. The fourth-order valence-electron chi connectivity index (χ4n) is 2.56. The maximum absolute atomic E-state index is 12.6. The first-order valence-electron chi connectivity index (χ1n) is 8.47. The number of nitrogens with two attached hydrogens (primary N) is 1. The van der Waals surface area contributed by atoms with Crippen LogP contribution in [0.2, 0.25) is 0 Å². The van der Waals surface area contributed by atoms with E-state index in [4.69, 9.17) is 5.73 Å². The second-order valence-electron chi connectivity index (χ2n) is 6.10. The van der Waals surface area contributed by atoms with Crippen molar-refractivity contribution in [1.82, 2.24) is 4.90 Å². The van der Waals surface area contributed by atoms with Crippen LogP contribution in [0.15, 0.2) is 48.5 Å². The van der Waals surface area contributed by atoms with Gasteiger partial charge in [0.1, 0.15) is 0 Å². The van der Waals surface area contributed by atoms with Crippen LogP contribution in [0.3, 0.4) is 0 Å². The summed E-state index contributed by atoms with van der Waals surface area (Å²) < 4.78 is 0. The molecule has 0 fully saturated rings. The van der Waals surface area contributed by atoms with Gasteiger partial charge in [0.2, 0.25) is 11.8 Å². The smallest absolute Gasteiger partial charge is 0.244 e. The van der Waals surface area contributed by atoms with Crippen LogP contribution in [0.1, 0.15) is 24.5 Å². The number of nitrogen functional groups attached to an aromatic ring is 1. The Bertz CT molecular complexity index is 732. The van der Waals surface area contributed by atoms with Crippen molar-refractivity contribution < 1.29 is 9.59 Å². The van der Waals surface area contributed by atoms with E-state index >= 15 is 0 Å². The number of carbonyl (C=O) groups excluding carboxylic acids is 2. The highest BCUT2D eigenvalue weighted by molar-refractivity contribution is 5.95. The normalized spacial score (nSPS) is 9.92. The third-order valence-corrected chi connectivity index (χ3v) is 3.93. The van der Waals surface area contributed by atoms with Crippen molar-refractivity contribution in [2.45, 2.75) is 26.7 Å². The van der Waals surface area contributed by atoms with E-state index in [1.807, 2.05) is 50.2 Å². The Kier molecular flexibility index (Phi) is 8.65. The fourth-order valence-corrected chi connectivity index (χ4v) is 2.56. The van der Waals surface area contributed by atoms with Gasteiger partial charge in [0.05, 0.1) is 13.0 Å². The highest BCUT2D eigenvalue weighted by atomic mass is 35.5. The molecular weight excluding hydrogens is 350 g/mol. The van der Waals surface area contributed by atoms with Crippen molar-refractivity contribution in [3.05, 3.63) is 59.7 Å². The first kappa shape index (κ1) is 21.5. The lowest BCUT2D eigenvalue weighted by atomic mass is 10.1. The average molecular weight is 376 g/mol. The van der Waals surface area contributed by atoms with Gasteiger partial charge >= 0.3 is 0 Å². The van der Waals surface area contributed by atoms with Gasteiger partial charge in [-0.25, -0.2) is 0 Å². The molecule has 0 aromatic heterocycles. The Balaban J connectivity index is 0.00000338. The number of carbonyl (C=O) groups is 2. The number of rotatable bonds is 7. The molecule has 0 aliphatic heterocycles. The zero-order chi connectivity index (χ0) is 18.2. The van der Waals surface area contributed by atoms with E-state index in [1.54, 1.807) is 17.0 Å². The summed E-state index contributed by atoms with van der Waals surface area (Å²) >= 11 is 0. The van der Waals surface area contributed by atoms with Crippen LogP contribution in [-0.2, 0) is 16.0 Å². The molecule has 6 heteroatoms. The number of amides is 2. The maximum Gasteiger partial charge on any atom is 0.244 e. The van der Waals surface area contributed by atoms with Gasteiger partial charge in [-0.2, -0.15) is 0 Å². The van der Waals surface area contributed by atoms with Crippen molar-refractivity contribution in [3.63, 3.8) is 0 Å². The lowest BCUT2D eigenvalue weighted by Crippen LogP contribution is -2.39. The molecule has 0 heterocycles. The second-order valence-corrected chi connectivity index (χ2v) is 6.10. The fraction of sp³-hybridized carbons (Fsp3) is 0.300. The summed E-state index contributed by atoms with van der Waals surface area (Å²) in [6, 6.07) is 14.8. The van der Waals surface area contributed by atoms with Crippen LogP contribution in [-0.4, -0.2) is 29.8 Å². The minimum atomic E-state index is -0.187. The molecule has 0 bridgehead atoms. The van der Waals surface area contributed by atoms with Crippen LogP contribution in [0.25, 0.3) is 0 Å². The van der Waals surface area contributed by atoms with Crippen molar-refractivity contribution in [2.24, 2.45) is 0 Å². The molecule has 2 rings (SSSR count). The average Bonchev–Trinajstić information content (AvgIpc) is 2.58. The molecule has 0 aliphatic rings. The van der Waals surface area contributed by atoms with Gasteiger partial charge in [0.15, 0.2) is 0 Å². The van der Waals surface area contributed by atoms with Crippen LogP contribution in [0, 0.1) is 6.92 Å². The summed E-state index contributed by atoms with van der Waals surface area (Å²) in [7, 11) is 0. The molecule has 0 saturated carbocycles. The first-order chi connectivity index (χ1) is 12.0. The minimum Gasteiger partial charge on any atom is -0.399 e. The van der Waals surface area contributed by atoms with Crippen molar-refractivity contribution in [2.75, 3.05) is 24.1 Å². The summed E-state index contributed by atoms with van der Waals surface area (Å²) in [4.78, 5) is 26.5. The van der Waals surface area contributed by atoms with Crippen LogP contribution in [0.4, 0.5) is 11.4 Å². The Morgan fingerprint density at radius 1 is 1.08 bits per heavy atom. The molecule has 0 atom stereocenters. The molecule has 0 spiro atoms. The highest BCUT2D eigenvalue weighted by Crippen LogP contribution is 2.13. The zero-order valence-electron chi connectivity index (χ0n) is 15.2. The van der Waals surface area contributed by atoms with E-state index in [9.17, 15) is 9.59 Å². The molecule has 5 nitrogen and oxygen atoms in total. The van der Waals surface area contributed by atoms with Gasteiger partial charge in [0, 0.05) is 17.9 Å². The Hall–Kier alpha value is -2.53. The number of para-hydroxylation sites is 1. The van der Waals surface area contributed by atoms with Crippen molar-refractivity contribution in [3.8, 4) is 0 Å². The van der Waals surface area contributed by atoms with Crippen LogP contribution >= 0.6 is 12.4 Å². The Morgan fingerprint density at radius 3 is 2.35 bits per heavy atom. The van der Waals surface area contributed by atoms with Gasteiger partial charge in [-0.1, -0.05) is 37.3 Å². The third-order valence-electron chi connectivity index (χ3n) is 3.93. The van der Waals surface area contributed by atoms with E-state index in [-0.39, 0.29) is 37.2 Å². The predicted octanol–water partition coefficient (Wildman–Crippen LogP) is 3.42. The maximum atomic E-state index is 12.6. The number of nitrogens with zero attached hydrogens (tertiary/aromatic N) is 1. The van der Waals surface area contributed by atoms with E-state index in [1.165, 1.54) is 0 Å². The van der Waals surface area contributed by atoms with Gasteiger partial charge in [0.25, 0.3) is 0 Å². The summed E-state index contributed by atoms with van der Waals surface area (Å²) in [5, 5.41) is 2.88. The summed E-state index contributed by atoms with van der Waals surface area (Å²) in [5.41, 5.74) is 8.99. The number of anilines is 2. The lowest BCUT2D eigenvalue weighted by molar-refractivity contribution is -0.134. The summed E-state index contributed by atoms with van der Waals surface area (Å²) in [5.74, 6) is -0.250. The van der Waals surface area contributed by atoms with Gasteiger partial charge in [-0.05, 0) is 42.7 Å². The molecule has 3 N–H and O–H groups in total. The number of aryl methyl sites for hydroxylation is 1. The zero-order valence-corrected chi connectivity index (χ0v) is 16.0. The number of nitrogens with one attached hydrogen (secondary N) is 1. The van der Waals surface area contributed by atoms with E-state index in [2.05, 4.69) is 5.32 Å². The number of benzene rings is 2. The number of halogens is 1. The summed E-state index contributed by atoms with van der Waals surface area (Å²) in [6.45, 7) is 4.53. The molecular formula is C20H26ClN3O2. The Morgan fingerprint density at radius 2 is 1.73 bits per heavy atom. The largest absolute Gasteiger partial charge is 0.399 e. The molecule has 2 aromatic rings. The van der Waals surface area contributed by atoms with Crippen LogP contribution in [0.5, 0.6) is 0 Å². The number of hydrogen-bond donors (Lipinski definition) is 2. The highest BCUT2D eigenvalue weighted by Gasteiger charge is 2.17. The molecule has 0 saturated heterocycles.